The Kier molecular flexibility index (Phi) is 5.79. The molecule has 2 heteroatoms. The molecule has 1 nitrogen and oxygen atoms in total. The van der Waals surface area contributed by atoms with Gasteiger partial charge >= 0.3 is 0 Å². The van der Waals surface area contributed by atoms with E-state index in [9.17, 15) is 0 Å². The van der Waals surface area contributed by atoms with Crippen LogP contribution in [0.15, 0.2) is 0 Å². The number of alkyl halides is 1. The van der Waals surface area contributed by atoms with Crippen LogP contribution in [0, 0.1) is 11.3 Å². The largest absolute Gasteiger partial charge is 0.303 e. The molecule has 1 saturated carbocycles. The van der Waals surface area contributed by atoms with Crippen LogP contribution in [0.3, 0.4) is 0 Å². The van der Waals surface area contributed by atoms with Gasteiger partial charge in [-0.3, -0.25) is 0 Å². The standard InChI is InChI=1S/C14H28BrN/c1-5-12-6-8-13(9-7-12)16(4)11-14(2,3)10-15/h12-13H,5-11H2,1-4H3. The first kappa shape index (κ1) is 14.5. The number of nitrogens with zero attached hydrogens (tertiary/aromatic N) is 1. The summed E-state index contributed by atoms with van der Waals surface area (Å²) in [6.07, 6.45) is 7.09. The third-order valence-electron chi connectivity index (χ3n) is 4.06. The molecule has 0 heterocycles. The van der Waals surface area contributed by atoms with Gasteiger partial charge in [-0.1, -0.05) is 43.1 Å². The molecule has 0 atom stereocenters. The van der Waals surface area contributed by atoms with E-state index < -0.39 is 0 Å². The Hall–Kier alpha value is 0.440. The van der Waals surface area contributed by atoms with E-state index >= 15 is 0 Å². The highest BCUT2D eigenvalue weighted by Gasteiger charge is 2.26. The highest BCUT2D eigenvalue weighted by atomic mass is 79.9. The Morgan fingerprint density at radius 3 is 2.19 bits per heavy atom. The van der Waals surface area contributed by atoms with E-state index in [1.54, 1.807) is 0 Å². The molecule has 0 aromatic rings. The normalized spacial score (nSPS) is 27.4. The lowest BCUT2D eigenvalue weighted by atomic mass is 9.83. The van der Waals surface area contributed by atoms with Gasteiger partial charge in [-0.2, -0.15) is 0 Å². The van der Waals surface area contributed by atoms with E-state index in [0.29, 0.717) is 5.41 Å². The smallest absolute Gasteiger partial charge is 0.00949 e. The third-order valence-corrected chi connectivity index (χ3v) is 5.57. The molecule has 1 aliphatic rings. The molecule has 16 heavy (non-hydrogen) atoms. The van der Waals surface area contributed by atoms with Crippen LogP contribution in [0.5, 0.6) is 0 Å². The second-order valence-electron chi connectivity index (χ2n) is 6.30. The first-order valence-corrected chi connectivity index (χ1v) is 7.87. The molecule has 0 radical (unpaired) electrons. The molecule has 96 valence electrons. The lowest BCUT2D eigenvalue weighted by Crippen LogP contribution is -2.41. The zero-order valence-corrected chi connectivity index (χ0v) is 13.0. The second-order valence-corrected chi connectivity index (χ2v) is 6.86. The Bertz CT molecular complexity index is 195. The lowest BCUT2D eigenvalue weighted by molar-refractivity contribution is 0.126. The Labute approximate surface area is 110 Å². The summed E-state index contributed by atoms with van der Waals surface area (Å²) in [5.41, 5.74) is 0.399. The SMILES string of the molecule is CCC1CCC(N(C)CC(C)(C)CBr)CC1. The van der Waals surface area contributed by atoms with Gasteiger partial charge in [0.05, 0.1) is 0 Å². The Morgan fingerprint density at radius 1 is 1.19 bits per heavy atom. The van der Waals surface area contributed by atoms with Crippen LogP contribution < -0.4 is 0 Å². The van der Waals surface area contributed by atoms with Crippen molar-refractivity contribution < 1.29 is 0 Å². The van der Waals surface area contributed by atoms with Crippen LogP contribution in [0.2, 0.25) is 0 Å². The van der Waals surface area contributed by atoms with Crippen molar-refractivity contribution in [3.63, 3.8) is 0 Å². The van der Waals surface area contributed by atoms with E-state index in [2.05, 4.69) is 48.6 Å². The van der Waals surface area contributed by atoms with Gasteiger partial charge in [0.2, 0.25) is 0 Å². The summed E-state index contributed by atoms with van der Waals surface area (Å²) in [6, 6.07) is 0.834. The van der Waals surface area contributed by atoms with Crippen LogP contribution in [0.1, 0.15) is 52.9 Å². The topological polar surface area (TPSA) is 3.24 Å². The van der Waals surface area contributed by atoms with Crippen molar-refractivity contribution in [2.24, 2.45) is 11.3 Å². The molecule has 1 fully saturated rings. The molecule has 0 aromatic carbocycles. The van der Waals surface area contributed by atoms with Crippen LogP contribution in [0.4, 0.5) is 0 Å². The fourth-order valence-corrected chi connectivity index (χ4v) is 3.02. The van der Waals surface area contributed by atoms with Crippen molar-refractivity contribution in [1.82, 2.24) is 4.90 Å². The molecular weight excluding hydrogens is 262 g/mol. The lowest BCUT2D eigenvalue weighted by Gasteiger charge is -2.38. The molecular formula is C14H28BrN. The van der Waals surface area contributed by atoms with Gasteiger partial charge in [-0.05, 0) is 44.1 Å². The number of hydrogen-bond donors (Lipinski definition) is 0. The molecule has 0 spiro atoms. The predicted molar refractivity (Wildman–Crippen MR) is 76.2 cm³/mol. The van der Waals surface area contributed by atoms with E-state index in [4.69, 9.17) is 0 Å². The van der Waals surface area contributed by atoms with E-state index in [-0.39, 0.29) is 0 Å². The first-order chi connectivity index (χ1) is 7.48. The summed E-state index contributed by atoms with van der Waals surface area (Å²) in [6.45, 7) is 8.23. The zero-order valence-electron chi connectivity index (χ0n) is 11.4. The molecule has 0 amide bonds. The minimum absolute atomic E-state index is 0.399. The monoisotopic (exact) mass is 289 g/mol. The number of halogens is 1. The minimum atomic E-state index is 0.399. The van der Waals surface area contributed by atoms with E-state index in [1.165, 1.54) is 38.6 Å². The van der Waals surface area contributed by atoms with Crippen molar-refractivity contribution in [3.05, 3.63) is 0 Å². The van der Waals surface area contributed by atoms with E-state index in [1.807, 2.05) is 0 Å². The van der Waals surface area contributed by atoms with Crippen LogP contribution in [-0.4, -0.2) is 29.9 Å². The maximum Gasteiger partial charge on any atom is 0.00949 e. The van der Waals surface area contributed by atoms with Crippen molar-refractivity contribution in [3.8, 4) is 0 Å². The van der Waals surface area contributed by atoms with Crippen molar-refractivity contribution in [2.75, 3.05) is 18.9 Å². The third kappa shape index (κ3) is 4.37. The highest BCUT2D eigenvalue weighted by molar-refractivity contribution is 9.09. The van der Waals surface area contributed by atoms with Gasteiger partial charge in [0, 0.05) is 17.9 Å². The van der Waals surface area contributed by atoms with Crippen molar-refractivity contribution >= 4 is 15.9 Å². The molecule has 0 bridgehead atoms. The molecule has 0 N–H and O–H groups in total. The molecule has 0 saturated heterocycles. The molecule has 1 rings (SSSR count). The summed E-state index contributed by atoms with van der Waals surface area (Å²) >= 11 is 3.62. The molecule has 0 aromatic heterocycles. The molecule has 0 unspecified atom stereocenters. The summed E-state index contributed by atoms with van der Waals surface area (Å²) in [5.74, 6) is 1.01. The summed E-state index contributed by atoms with van der Waals surface area (Å²) < 4.78 is 0. The van der Waals surface area contributed by atoms with Gasteiger partial charge in [0.1, 0.15) is 0 Å². The van der Waals surface area contributed by atoms with Crippen LogP contribution >= 0.6 is 15.9 Å². The van der Waals surface area contributed by atoms with Gasteiger partial charge < -0.3 is 4.90 Å². The zero-order chi connectivity index (χ0) is 12.2. The average Bonchev–Trinajstić information content (AvgIpc) is 2.28. The van der Waals surface area contributed by atoms with Crippen LogP contribution in [-0.2, 0) is 0 Å². The first-order valence-electron chi connectivity index (χ1n) is 6.74. The fraction of sp³-hybridized carbons (Fsp3) is 1.00. The Morgan fingerprint density at radius 2 is 1.75 bits per heavy atom. The van der Waals surface area contributed by atoms with E-state index in [0.717, 1.165) is 17.3 Å². The fourth-order valence-electron chi connectivity index (χ4n) is 2.84. The maximum absolute atomic E-state index is 3.62. The highest BCUT2D eigenvalue weighted by Crippen LogP contribution is 2.30. The van der Waals surface area contributed by atoms with Crippen molar-refractivity contribution in [1.29, 1.82) is 0 Å². The second kappa shape index (κ2) is 6.39. The van der Waals surface area contributed by atoms with Crippen molar-refractivity contribution in [2.45, 2.75) is 58.9 Å². The van der Waals surface area contributed by atoms with Gasteiger partial charge in [0.25, 0.3) is 0 Å². The molecule has 1 aliphatic carbocycles. The average molecular weight is 290 g/mol. The summed E-state index contributed by atoms with van der Waals surface area (Å²) in [5, 5.41) is 1.09. The summed E-state index contributed by atoms with van der Waals surface area (Å²) in [7, 11) is 2.31. The maximum atomic E-state index is 3.62. The van der Waals surface area contributed by atoms with Gasteiger partial charge in [-0.15, -0.1) is 0 Å². The minimum Gasteiger partial charge on any atom is -0.303 e. The molecule has 0 aliphatic heterocycles. The summed E-state index contributed by atoms with van der Waals surface area (Å²) in [4.78, 5) is 2.59. The number of hydrogen-bond acceptors (Lipinski definition) is 1. The Balaban J connectivity index is 2.36. The predicted octanol–water partition coefficient (Wildman–Crippen LogP) is 4.31. The number of rotatable bonds is 5. The quantitative estimate of drug-likeness (QED) is 0.682. The van der Waals surface area contributed by atoms with Crippen LogP contribution in [0.25, 0.3) is 0 Å². The van der Waals surface area contributed by atoms with Gasteiger partial charge in [-0.25, -0.2) is 0 Å². The van der Waals surface area contributed by atoms with Gasteiger partial charge in [0.15, 0.2) is 0 Å².